The van der Waals surface area contributed by atoms with Gasteiger partial charge in [-0.2, -0.15) is 4.72 Å². The average molecular weight is 396 g/mol. The van der Waals surface area contributed by atoms with Crippen LogP contribution < -0.4 is 14.9 Å². The highest BCUT2D eigenvalue weighted by Crippen LogP contribution is 2.43. The molecule has 5 rings (SSSR count). The largest absolute Gasteiger partial charge is 0.337 e. The molecule has 0 aromatic heterocycles. The molecule has 1 saturated heterocycles. The smallest absolute Gasteiger partial charge is 0.241 e. The van der Waals surface area contributed by atoms with Gasteiger partial charge >= 0.3 is 0 Å². The van der Waals surface area contributed by atoms with Gasteiger partial charge in [-0.3, -0.25) is 0 Å². The number of nitrogens with two attached hydrogens (primary N) is 1. The molecule has 0 unspecified atom stereocenters. The molecular formula is C22H25N3O2S+2. The van der Waals surface area contributed by atoms with E-state index in [1.807, 2.05) is 12.1 Å². The van der Waals surface area contributed by atoms with Crippen molar-refractivity contribution >= 4 is 20.8 Å². The summed E-state index contributed by atoms with van der Waals surface area (Å²) in [7, 11) is -3.60. The maximum absolute atomic E-state index is 13.2. The third kappa shape index (κ3) is 2.93. The van der Waals surface area contributed by atoms with Gasteiger partial charge in [-0.1, -0.05) is 54.6 Å². The van der Waals surface area contributed by atoms with Crippen LogP contribution in [0.4, 0.5) is 0 Å². The van der Waals surface area contributed by atoms with Crippen LogP contribution in [0.15, 0.2) is 71.6 Å². The zero-order chi connectivity index (χ0) is 19.1. The Morgan fingerprint density at radius 2 is 1.54 bits per heavy atom. The van der Waals surface area contributed by atoms with Crippen LogP contribution in [-0.4, -0.2) is 34.6 Å². The molecule has 3 aromatic rings. The molecule has 6 heteroatoms. The molecule has 0 saturated carbocycles. The first-order chi connectivity index (χ1) is 13.6. The molecule has 1 heterocycles. The molecule has 1 aliphatic heterocycles. The third-order valence-corrected chi connectivity index (χ3v) is 7.54. The zero-order valence-corrected chi connectivity index (χ0v) is 16.5. The van der Waals surface area contributed by atoms with Crippen LogP contribution in [0, 0.1) is 0 Å². The Balaban J connectivity index is 1.61. The highest BCUT2D eigenvalue weighted by atomic mass is 32.2. The van der Waals surface area contributed by atoms with E-state index in [1.54, 1.807) is 24.3 Å². The zero-order valence-electron chi connectivity index (χ0n) is 15.6. The van der Waals surface area contributed by atoms with Gasteiger partial charge in [-0.05, 0) is 28.5 Å². The number of piperazine rings is 1. The number of nitrogens with one attached hydrogen (secondary N) is 2. The number of hydrogen-bond acceptors (Lipinski definition) is 2. The fourth-order valence-electron chi connectivity index (χ4n) is 4.85. The van der Waals surface area contributed by atoms with Crippen molar-refractivity contribution < 1.29 is 18.6 Å². The molecule has 2 atom stereocenters. The molecule has 0 spiro atoms. The maximum atomic E-state index is 13.2. The van der Waals surface area contributed by atoms with Gasteiger partial charge < -0.3 is 10.2 Å². The predicted molar refractivity (Wildman–Crippen MR) is 109 cm³/mol. The number of rotatable bonds is 4. The standard InChI is InChI=1S/C22H23N3O2S/c26-28(27,17-8-2-1-3-9-17)24-21-18-10-4-6-16-7-5-11-19(20(16)18)22(21)25-14-12-23-13-15-25/h1-11,21-24H,12-15H2/p+2/t21-,22-/m1/s1. The van der Waals surface area contributed by atoms with Crippen molar-refractivity contribution in [1.82, 2.24) is 4.72 Å². The number of quaternary nitrogens is 2. The Kier molecular flexibility index (Phi) is 4.44. The Hall–Kier alpha value is -2.25. The van der Waals surface area contributed by atoms with Gasteiger partial charge in [0.05, 0.1) is 4.90 Å². The molecule has 2 aliphatic rings. The van der Waals surface area contributed by atoms with Crippen LogP contribution in [0.3, 0.4) is 0 Å². The summed E-state index contributed by atoms with van der Waals surface area (Å²) in [6, 6.07) is 21.2. The first kappa shape index (κ1) is 17.8. The molecule has 4 N–H and O–H groups in total. The van der Waals surface area contributed by atoms with E-state index in [-0.39, 0.29) is 12.1 Å². The lowest BCUT2D eigenvalue weighted by molar-refractivity contribution is -0.973. The minimum atomic E-state index is -3.60. The van der Waals surface area contributed by atoms with Gasteiger partial charge in [-0.25, -0.2) is 8.42 Å². The van der Waals surface area contributed by atoms with Gasteiger partial charge in [0.2, 0.25) is 10.0 Å². The van der Waals surface area contributed by atoms with E-state index in [1.165, 1.54) is 21.2 Å². The molecule has 0 bridgehead atoms. The normalized spacial score (nSPS) is 22.6. The van der Waals surface area contributed by atoms with E-state index in [0.29, 0.717) is 4.90 Å². The summed E-state index contributed by atoms with van der Waals surface area (Å²) in [5, 5.41) is 4.75. The number of benzene rings is 3. The minimum Gasteiger partial charge on any atom is -0.337 e. The molecule has 3 aromatic carbocycles. The van der Waals surface area contributed by atoms with Gasteiger partial charge in [-0.15, -0.1) is 0 Å². The lowest BCUT2D eigenvalue weighted by Gasteiger charge is -2.32. The van der Waals surface area contributed by atoms with E-state index in [4.69, 9.17) is 0 Å². The molecule has 0 radical (unpaired) electrons. The second-order valence-corrected chi connectivity index (χ2v) is 9.42. The molecule has 144 valence electrons. The summed E-state index contributed by atoms with van der Waals surface area (Å²) in [4.78, 5) is 1.78. The van der Waals surface area contributed by atoms with Gasteiger partial charge in [0.25, 0.3) is 0 Å². The first-order valence-corrected chi connectivity index (χ1v) is 11.4. The van der Waals surface area contributed by atoms with Crippen molar-refractivity contribution in [1.29, 1.82) is 0 Å². The van der Waals surface area contributed by atoms with Crippen LogP contribution in [0.25, 0.3) is 10.8 Å². The highest BCUT2D eigenvalue weighted by Gasteiger charge is 2.44. The highest BCUT2D eigenvalue weighted by molar-refractivity contribution is 7.89. The summed E-state index contributed by atoms with van der Waals surface area (Å²) in [5.41, 5.74) is 2.37. The second kappa shape index (κ2) is 6.97. The van der Waals surface area contributed by atoms with Crippen molar-refractivity contribution in [3.05, 3.63) is 77.9 Å². The predicted octanol–water partition coefficient (Wildman–Crippen LogP) is 0.376. The third-order valence-electron chi connectivity index (χ3n) is 6.09. The van der Waals surface area contributed by atoms with Crippen LogP contribution >= 0.6 is 0 Å². The second-order valence-electron chi connectivity index (χ2n) is 7.71. The number of sulfonamides is 1. The molecule has 1 aliphatic carbocycles. The summed E-state index contributed by atoms with van der Waals surface area (Å²) in [5.74, 6) is 0. The van der Waals surface area contributed by atoms with Crippen molar-refractivity contribution in [2.75, 3.05) is 26.2 Å². The fourth-order valence-corrected chi connectivity index (χ4v) is 6.10. The van der Waals surface area contributed by atoms with E-state index < -0.39 is 10.0 Å². The average Bonchev–Trinajstić information content (AvgIpc) is 3.04. The van der Waals surface area contributed by atoms with E-state index in [9.17, 15) is 8.42 Å². The summed E-state index contributed by atoms with van der Waals surface area (Å²) >= 11 is 0. The summed E-state index contributed by atoms with van der Waals surface area (Å²) in [6.45, 7) is 4.24. The Bertz CT molecular complexity index is 1100. The molecule has 5 nitrogen and oxygen atoms in total. The summed E-state index contributed by atoms with van der Waals surface area (Å²) in [6.07, 6.45) is 0. The molecule has 1 fully saturated rings. The first-order valence-electron chi connectivity index (χ1n) is 9.90. The fraction of sp³-hybridized carbons (Fsp3) is 0.273. The van der Waals surface area contributed by atoms with Crippen molar-refractivity contribution in [2.24, 2.45) is 0 Å². The summed E-state index contributed by atoms with van der Waals surface area (Å²) < 4.78 is 29.4. The van der Waals surface area contributed by atoms with Crippen LogP contribution in [-0.2, 0) is 10.0 Å². The Labute approximate surface area is 165 Å². The van der Waals surface area contributed by atoms with Crippen LogP contribution in [0.2, 0.25) is 0 Å². The monoisotopic (exact) mass is 395 g/mol. The maximum Gasteiger partial charge on any atom is 0.241 e. The van der Waals surface area contributed by atoms with Crippen molar-refractivity contribution in [2.45, 2.75) is 17.0 Å². The van der Waals surface area contributed by atoms with Crippen LogP contribution in [0.5, 0.6) is 0 Å². The van der Waals surface area contributed by atoms with Crippen molar-refractivity contribution in [3.63, 3.8) is 0 Å². The van der Waals surface area contributed by atoms with Crippen LogP contribution in [0.1, 0.15) is 23.2 Å². The van der Waals surface area contributed by atoms with Crippen molar-refractivity contribution in [3.8, 4) is 0 Å². The molecule has 28 heavy (non-hydrogen) atoms. The number of hydrogen-bond donors (Lipinski definition) is 3. The van der Waals surface area contributed by atoms with E-state index in [2.05, 4.69) is 40.4 Å². The van der Waals surface area contributed by atoms with Gasteiger partial charge in [0.1, 0.15) is 38.3 Å². The van der Waals surface area contributed by atoms with Gasteiger partial charge in [0.15, 0.2) is 0 Å². The van der Waals surface area contributed by atoms with E-state index >= 15 is 0 Å². The van der Waals surface area contributed by atoms with E-state index in [0.717, 1.165) is 31.7 Å². The Morgan fingerprint density at radius 1 is 0.857 bits per heavy atom. The molecule has 0 amide bonds. The minimum absolute atomic E-state index is 0.105. The SMILES string of the molecule is O=S(=O)(N[C@@H]1c2cccc3cccc(c23)[C@H]1[NH+]1CC[NH2+]CC1)c1ccccc1. The van der Waals surface area contributed by atoms with Gasteiger partial charge in [0, 0.05) is 5.56 Å². The quantitative estimate of drug-likeness (QED) is 0.598. The Morgan fingerprint density at radius 3 is 2.25 bits per heavy atom. The lowest BCUT2D eigenvalue weighted by Crippen LogP contribution is -3.21. The lowest BCUT2D eigenvalue weighted by atomic mass is 10.0. The molecular weight excluding hydrogens is 370 g/mol. The topological polar surface area (TPSA) is 67.2 Å².